The van der Waals surface area contributed by atoms with E-state index in [1.165, 1.54) is 10.9 Å². The van der Waals surface area contributed by atoms with Crippen LogP contribution in [0.25, 0.3) is 10.9 Å². The highest BCUT2D eigenvalue weighted by molar-refractivity contribution is 6.32. The number of nitrogens with zero attached hydrogens (tertiary/aromatic N) is 2. The van der Waals surface area contributed by atoms with E-state index in [-0.39, 0.29) is 0 Å². The zero-order valence-electron chi connectivity index (χ0n) is 12.4. The number of fused-ring (bicyclic) bond motifs is 1. The summed E-state index contributed by atoms with van der Waals surface area (Å²) in [4.78, 5) is 0. The van der Waals surface area contributed by atoms with Crippen molar-refractivity contribution in [3.05, 3.63) is 59.2 Å². The van der Waals surface area contributed by atoms with Crippen LogP contribution >= 0.6 is 11.6 Å². The Morgan fingerprint density at radius 2 is 2.05 bits per heavy atom. The number of ether oxygens (including phenoxy) is 1. The van der Waals surface area contributed by atoms with Gasteiger partial charge in [0.2, 0.25) is 0 Å². The molecule has 0 saturated heterocycles. The molecule has 1 aromatic heterocycles. The number of anilines is 1. The number of hydrogen-bond acceptors (Lipinski definition) is 3. The van der Waals surface area contributed by atoms with E-state index in [9.17, 15) is 0 Å². The molecule has 5 heteroatoms. The standard InChI is InChI=1S/C17H16ClN3O/c1-21-11-12(14-5-3-4-6-16(14)21)10-19-20-13-7-8-17(22-2)15(18)9-13/h3-11,20H,1-2H3/b19-10+. The van der Waals surface area contributed by atoms with Crippen molar-refractivity contribution in [1.29, 1.82) is 0 Å². The fourth-order valence-corrected chi connectivity index (χ4v) is 2.65. The predicted molar refractivity (Wildman–Crippen MR) is 92.1 cm³/mol. The van der Waals surface area contributed by atoms with Gasteiger partial charge in [-0.3, -0.25) is 5.43 Å². The van der Waals surface area contributed by atoms with Crippen LogP contribution in [0.1, 0.15) is 5.56 Å². The molecule has 1 N–H and O–H groups in total. The topological polar surface area (TPSA) is 38.5 Å². The molecule has 112 valence electrons. The molecule has 1 heterocycles. The third-order valence-electron chi connectivity index (χ3n) is 3.48. The van der Waals surface area contributed by atoms with Crippen LogP contribution in [-0.4, -0.2) is 17.9 Å². The summed E-state index contributed by atoms with van der Waals surface area (Å²) in [6.07, 6.45) is 3.86. The highest BCUT2D eigenvalue weighted by Gasteiger charge is 2.03. The molecule has 0 aliphatic rings. The van der Waals surface area contributed by atoms with Crippen LogP contribution in [0.3, 0.4) is 0 Å². The number of rotatable bonds is 4. The Morgan fingerprint density at radius 3 is 2.82 bits per heavy atom. The van der Waals surface area contributed by atoms with Gasteiger partial charge in [0, 0.05) is 29.7 Å². The largest absolute Gasteiger partial charge is 0.495 e. The number of hydrogen-bond donors (Lipinski definition) is 1. The molecule has 0 aliphatic heterocycles. The van der Waals surface area contributed by atoms with Crippen molar-refractivity contribution in [1.82, 2.24) is 4.57 Å². The molecule has 3 aromatic rings. The average molecular weight is 314 g/mol. The minimum atomic E-state index is 0.549. The maximum atomic E-state index is 6.09. The summed E-state index contributed by atoms with van der Waals surface area (Å²) >= 11 is 6.09. The molecule has 3 rings (SSSR count). The van der Waals surface area contributed by atoms with Gasteiger partial charge in [-0.15, -0.1) is 0 Å². The molecule has 0 saturated carbocycles. The lowest BCUT2D eigenvalue weighted by Gasteiger charge is -2.05. The molecular weight excluding hydrogens is 298 g/mol. The zero-order chi connectivity index (χ0) is 15.5. The number of hydrazone groups is 1. The third-order valence-corrected chi connectivity index (χ3v) is 3.77. The lowest BCUT2D eigenvalue weighted by atomic mass is 10.2. The molecule has 0 aliphatic carbocycles. The highest BCUT2D eigenvalue weighted by Crippen LogP contribution is 2.27. The van der Waals surface area contributed by atoms with Gasteiger partial charge in [-0.1, -0.05) is 29.8 Å². The van der Waals surface area contributed by atoms with Crippen molar-refractivity contribution < 1.29 is 4.74 Å². The van der Waals surface area contributed by atoms with E-state index in [4.69, 9.17) is 16.3 Å². The number of para-hydroxylation sites is 1. The van der Waals surface area contributed by atoms with Gasteiger partial charge in [0.25, 0.3) is 0 Å². The van der Waals surface area contributed by atoms with Crippen LogP contribution in [-0.2, 0) is 7.05 Å². The van der Waals surface area contributed by atoms with Crippen LogP contribution in [0.4, 0.5) is 5.69 Å². The van der Waals surface area contributed by atoms with E-state index < -0.39 is 0 Å². The molecule has 4 nitrogen and oxygen atoms in total. The SMILES string of the molecule is COc1ccc(N/N=C/c2cn(C)c3ccccc23)cc1Cl. The van der Waals surface area contributed by atoms with Crippen molar-refractivity contribution >= 4 is 34.4 Å². The van der Waals surface area contributed by atoms with Crippen LogP contribution in [0.15, 0.2) is 53.8 Å². The first-order chi connectivity index (χ1) is 10.7. The molecule has 0 amide bonds. The first kappa shape index (κ1) is 14.5. The number of halogens is 1. The van der Waals surface area contributed by atoms with Gasteiger partial charge in [0.15, 0.2) is 0 Å². The summed E-state index contributed by atoms with van der Waals surface area (Å²) in [5.41, 5.74) is 6.02. The Morgan fingerprint density at radius 1 is 1.23 bits per heavy atom. The van der Waals surface area contributed by atoms with Gasteiger partial charge < -0.3 is 9.30 Å². The summed E-state index contributed by atoms with van der Waals surface area (Å²) in [7, 11) is 3.61. The lowest BCUT2D eigenvalue weighted by Crippen LogP contribution is -1.91. The number of aromatic nitrogens is 1. The maximum Gasteiger partial charge on any atom is 0.137 e. The zero-order valence-corrected chi connectivity index (χ0v) is 13.1. The van der Waals surface area contributed by atoms with Crippen LogP contribution in [0.2, 0.25) is 5.02 Å². The summed E-state index contributed by atoms with van der Waals surface area (Å²) in [6.45, 7) is 0. The van der Waals surface area contributed by atoms with Crippen molar-refractivity contribution in [2.75, 3.05) is 12.5 Å². The highest BCUT2D eigenvalue weighted by atomic mass is 35.5. The third kappa shape index (κ3) is 2.78. The van der Waals surface area contributed by atoms with Gasteiger partial charge in [-0.25, -0.2) is 0 Å². The van der Waals surface area contributed by atoms with Gasteiger partial charge in [-0.2, -0.15) is 5.10 Å². The van der Waals surface area contributed by atoms with Gasteiger partial charge in [0.05, 0.1) is 24.0 Å². The number of methoxy groups -OCH3 is 1. The average Bonchev–Trinajstić information content (AvgIpc) is 2.85. The van der Waals surface area contributed by atoms with E-state index >= 15 is 0 Å². The lowest BCUT2D eigenvalue weighted by molar-refractivity contribution is 0.415. The fraction of sp³-hybridized carbons (Fsp3) is 0.118. The number of aryl methyl sites for hydroxylation is 1. The smallest absolute Gasteiger partial charge is 0.137 e. The molecule has 0 atom stereocenters. The molecule has 22 heavy (non-hydrogen) atoms. The fourth-order valence-electron chi connectivity index (χ4n) is 2.39. The normalized spacial score (nSPS) is 11.2. The Labute approximate surface area is 134 Å². The van der Waals surface area contributed by atoms with Gasteiger partial charge in [-0.05, 0) is 24.3 Å². The summed E-state index contributed by atoms with van der Waals surface area (Å²) in [6, 6.07) is 13.7. The summed E-state index contributed by atoms with van der Waals surface area (Å²) in [5.74, 6) is 0.644. The molecule has 0 unspecified atom stereocenters. The Hall–Kier alpha value is -2.46. The van der Waals surface area contributed by atoms with Gasteiger partial charge >= 0.3 is 0 Å². The van der Waals surface area contributed by atoms with Crippen molar-refractivity contribution in [3.63, 3.8) is 0 Å². The predicted octanol–water partition coefficient (Wildman–Crippen LogP) is 4.29. The Kier molecular flexibility index (Phi) is 4.02. The quantitative estimate of drug-likeness (QED) is 0.576. The maximum absolute atomic E-state index is 6.09. The molecular formula is C17H16ClN3O. The van der Waals surface area contributed by atoms with Crippen LogP contribution < -0.4 is 10.2 Å². The Bertz CT molecular complexity index is 839. The molecule has 0 radical (unpaired) electrons. The van der Waals surface area contributed by atoms with Crippen molar-refractivity contribution in [2.45, 2.75) is 0 Å². The number of benzene rings is 2. The van der Waals surface area contributed by atoms with Crippen LogP contribution in [0, 0.1) is 0 Å². The minimum absolute atomic E-state index is 0.549. The number of nitrogens with one attached hydrogen (secondary N) is 1. The summed E-state index contributed by atoms with van der Waals surface area (Å²) < 4.78 is 7.21. The monoisotopic (exact) mass is 313 g/mol. The Balaban J connectivity index is 1.80. The minimum Gasteiger partial charge on any atom is -0.495 e. The molecule has 2 aromatic carbocycles. The van der Waals surface area contributed by atoms with E-state index in [2.05, 4.69) is 33.4 Å². The van der Waals surface area contributed by atoms with E-state index in [1.807, 2.05) is 25.2 Å². The molecule has 0 spiro atoms. The van der Waals surface area contributed by atoms with Crippen molar-refractivity contribution in [2.24, 2.45) is 12.1 Å². The van der Waals surface area contributed by atoms with E-state index in [0.29, 0.717) is 10.8 Å². The van der Waals surface area contributed by atoms with Crippen LogP contribution in [0.5, 0.6) is 5.75 Å². The first-order valence-corrected chi connectivity index (χ1v) is 7.23. The van der Waals surface area contributed by atoms with E-state index in [1.54, 1.807) is 25.5 Å². The van der Waals surface area contributed by atoms with Crippen molar-refractivity contribution in [3.8, 4) is 5.75 Å². The summed E-state index contributed by atoms with van der Waals surface area (Å²) in [5, 5.41) is 6.00. The molecule has 0 bridgehead atoms. The van der Waals surface area contributed by atoms with E-state index in [0.717, 1.165) is 11.3 Å². The van der Waals surface area contributed by atoms with Gasteiger partial charge in [0.1, 0.15) is 5.75 Å². The first-order valence-electron chi connectivity index (χ1n) is 6.85. The second kappa shape index (κ2) is 6.12. The molecule has 0 fully saturated rings. The second-order valence-electron chi connectivity index (χ2n) is 4.93. The second-order valence-corrected chi connectivity index (χ2v) is 5.34.